The van der Waals surface area contributed by atoms with Crippen LogP contribution in [0.4, 0.5) is 38.0 Å². The van der Waals surface area contributed by atoms with E-state index in [4.69, 9.17) is 43.5 Å². The number of halogens is 8. The molecule has 129 heavy (non-hydrogen) atoms. The molecule has 0 unspecified atom stereocenters. The van der Waals surface area contributed by atoms with Crippen molar-refractivity contribution < 1.29 is 71.7 Å². The van der Waals surface area contributed by atoms with Crippen LogP contribution in [0.25, 0.3) is 66.2 Å². The van der Waals surface area contributed by atoms with Gasteiger partial charge in [0, 0.05) is 162 Å². The highest BCUT2D eigenvalue weighted by atomic mass is 35.5. The first-order valence-electron chi connectivity index (χ1n) is 43.7. The Morgan fingerprint density at radius 3 is 0.915 bits per heavy atom. The number of alkyl halides is 6. The number of H-pyrrole nitrogens is 9. The monoisotopic (exact) mass is 1840 g/mol. The zero-order valence-electron chi connectivity index (χ0n) is 72.5. The number of aromatic nitrogens is 18. The van der Waals surface area contributed by atoms with E-state index in [1.165, 1.54) is 74.2 Å². The normalized spacial score (nSPS) is 28.8. The summed E-state index contributed by atoms with van der Waals surface area (Å²) in [7, 11) is 0. The largest absolute Gasteiger partial charge is 0.396 e. The van der Waals surface area contributed by atoms with Gasteiger partial charge in [-0.25, -0.2) is 71.2 Å². The Kier molecular flexibility index (Phi) is 32.4. The number of hydrogen-bond acceptors (Lipinski definition) is 22. The van der Waals surface area contributed by atoms with Crippen molar-refractivity contribution >= 4 is 102 Å². The van der Waals surface area contributed by atoms with E-state index in [0.29, 0.717) is 137 Å². The molecule has 12 heterocycles. The van der Waals surface area contributed by atoms with Crippen LogP contribution in [-0.2, 0) is 6.54 Å². The van der Waals surface area contributed by atoms with E-state index in [1.807, 2.05) is 20.0 Å². The molecule has 21 N–H and O–H groups in total. The first-order valence-corrected chi connectivity index (χ1v) is 44.1. The van der Waals surface area contributed by atoms with Gasteiger partial charge in [-0.2, -0.15) is 0 Å². The number of aromatic amines is 9. The Balaban J connectivity index is 0.000000136. The lowest BCUT2D eigenvalue weighted by Gasteiger charge is -2.35. The molecule has 698 valence electrons. The van der Waals surface area contributed by atoms with Crippen molar-refractivity contribution in [2.24, 2.45) is 47.3 Å². The minimum absolute atomic E-state index is 0. The summed E-state index contributed by atoms with van der Waals surface area (Å²) in [4.78, 5) is 96.1. The van der Waals surface area contributed by atoms with Crippen molar-refractivity contribution in [2.45, 2.75) is 203 Å². The van der Waals surface area contributed by atoms with Crippen molar-refractivity contribution in [3.05, 3.63) is 181 Å². The number of nitrogen functional groups attached to an aromatic ring is 2. The smallest absolute Gasteiger partial charge is 0.275 e. The summed E-state index contributed by atoms with van der Waals surface area (Å²) in [6.07, 6.45) is 11.1. The fourth-order valence-electron chi connectivity index (χ4n) is 20.0. The van der Waals surface area contributed by atoms with Gasteiger partial charge in [0.1, 0.15) is 95.7 Å². The number of fused-ring (bicyclic) bond motifs is 6. The predicted molar refractivity (Wildman–Crippen MR) is 481 cm³/mol. The highest BCUT2D eigenvalue weighted by Crippen LogP contribution is 2.51. The molecule has 0 bridgehead atoms. The van der Waals surface area contributed by atoms with Gasteiger partial charge in [0.25, 0.3) is 16.7 Å². The Labute approximate surface area is 748 Å². The fourth-order valence-corrected chi connectivity index (χ4v) is 20.2. The van der Waals surface area contributed by atoms with Crippen LogP contribution in [0.2, 0.25) is 5.15 Å². The minimum atomic E-state index is -1.46. The van der Waals surface area contributed by atoms with Gasteiger partial charge < -0.3 is 102 Å². The average Bonchev–Trinajstić information content (AvgIpc) is 1.65. The van der Waals surface area contributed by atoms with Gasteiger partial charge in [0.15, 0.2) is 16.8 Å². The van der Waals surface area contributed by atoms with E-state index >= 15 is 0 Å². The summed E-state index contributed by atoms with van der Waals surface area (Å²) in [6.45, 7) is 19.0. The van der Waals surface area contributed by atoms with Crippen molar-refractivity contribution in [1.82, 2.24) is 89.7 Å². The maximum atomic E-state index is 14.5. The number of anilines is 2. The quantitative estimate of drug-likeness (QED) is 0.0229. The van der Waals surface area contributed by atoms with Crippen molar-refractivity contribution in [2.75, 3.05) is 57.5 Å². The van der Waals surface area contributed by atoms with E-state index in [0.717, 1.165) is 42.3 Å². The summed E-state index contributed by atoms with van der Waals surface area (Å²) in [5, 5.41) is 75.9. The van der Waals surface area contributed by atoms with Gasteiger partial charge in [-0.05, 0) is 83.0 Å². The van der Waals surface area contributed by atoms with Crippen LogP contribution in [0, 0.1) is 47.3 Å². The van der Waals surface area contributed by atoms with Crippen LogP contribution in [0.15, 0.2) is 120 Å². The molecule has 19 rings (SSSR count). The zero-order chi connectivity index (χ0) is 91.9. The van der Waals surface area contributed by atoms with Crippen LogP contribution in [0.5, 0.6) is 0 Å². The third-order valence-corrected chi connectivity index (χ3v) is 28.4. The number of aliphatic hydroxyl groups is 8. The van der Waals surface area contributed by atoms with Crippen LogP contribution < -0.4 is 28.1 Å². The van der Waals surface area contributed by atoms with E-state index in [9.17, 15) is 61.2 Å². The molecule has 6 aliphatic rings. The number of rotatable bonds is 17. The molecule has 0 amide bonds. The molecule has 12 aromatic heterocycles. The van der Waals surface area contributed by atoms with Gasteiger partial charge in [0.2, 0.25) is 0 Å². The van der Waals surface area contributed by atoms with Gasteiger partial charge in [-0.3, -0.25) is 14.4 Å². The molecule has 6 saturated carbocycles. The summed E-state index contributed by atoms with van der Waals surface area (Å²) >= 11 is 6.02. The molecule has 0 aliphatic heterocycles. The number of hydrogen-bond donors (Lipinski definition) is 19. The van der Waals surface area contributed by atoms with Gasteiger partial charge in [-0.15, -0.1) is 12.4 Å². The van der Waals surface area contributed by atoms with Crippen LogP contribution in [0.1, 0.15) is 174 Å². The summed E-state index contributed by atoms with van der Waals surface area (Å²) in [6, 6.07) is 10.8. The third-order valence-electron chi connectivity index (χ3n) is 28.1. The first kappa shape index (κ1) is 97.8. The molecular weight excluding hydrogens is 1720 g/mol. The van der Waals surface area contributed by atoms with Crippen molar-refractivity contribution in [3.63, 3.8) is 0 Å². The Morgan fingerprint density at radius 2 is 0.636 bits per heavy atom. The molecule has 6 aliphatic carbocycles. The van der Waals surface area contributed by atoms with Crippen molar-refractivity contribution in [1.29, 1.82) is 0 Å². The molecule has 0 saturated heterocycles. The van der Waals surface area contributed by atoms with Gasteiger partial charge in [0.05, 0.1) is 96.1 Å². The Morgan fingerprint density at radius 1 is 0.372 bits per heavy atom. The first-order chi connectivity index (χ1) is 61.5. The maximum absolute atomic E-state index is 14.5. The van der Waals surface area contributed by atoms with E-state index in [1.54, 1.807) is 31.0 Å². The second-order valence-corrected chi connectivity index (χ2v) is 35.0. The highest BCUT2D eigenvalue weighted by molar-refractivity contribution is 6.33. The molecule has 32 nitrogen and oxygen atoms in total. The summed E-state index contributed by atoms with van der Waals surface area (Å²) in [5.41, 5.74) is 22.6. The van der Waals surface area contributed by atoms with E-state index in [-0.39, 0.29) is 79.2 Å². The number of nitrogens with two attached hydrogens (primary N) is 2. The molecule has 0 spiro atoms. The second-order valence-electron chi connectivity index (χ2n) is 34.6. The lowest BCUT2D eigenvalue weighted by Crippen LogP contribution is -2.46. The summed E-state index contributed by atoms with van der Waals surface area (Å²) in [5.74, 6) is -2.52. The van der Waals surface area contributed by atoms with E-state index < -0.39 is 109 Å². The topological polar surface area (TPSA) is 523 Å². The van der Waals surface area contributed by atoms with Gasteiger partial charge >= 0.3 is 0 Å². The molecule has 40 heteroatoms. The molecule has 6 fully saturated rings. The lowest BCUT2D eigenvalue weighted by molar-refractivity contribution is -0.936. The standard InChI is InChI=1S/C14H17ClFN3.C14H18FN3O.C13H22N.2C12H15FN4O2.2C12H14FN3O3.ClH/c1-3-8-4-9(11(16)7(8)2)10-5-17-13-12(10)18-6-19-14(13)15;1-3-8-4-9(11(15)7(8)2)10-5-16-13-12(10)17-6-18-14(13)19;1-4-14(5-2,6-3)12-13-10-8-7-9-11-13;2*13-8-6(1-5(3-18)11(8)19)7-2-15-10-9(7)16-4-17-12(10)14;2*13-8-6(1-5(3-17)11(8)18)7-2-14-10-9(7)15-4-16-12(10)19;/h5-9,11,17H,3-4H2,1-2H3;5-9,11,16H,3-4H2,1-2H3,(H,17,18,19);7-11H,4-6,12H2,1-3H3;2*2,4-6,8,11,15,18-19H,1,3H2,(H2,14,16,17);2*2,4-6,8,11,14,17-18H,1,3H2,(H,15,16,19);1H/q;;+1;;;;;/t2*7-,8+,9+,11-;;4*5-,6+,8+,11-;/m11.1111./s1. The Hall–Kier alpha value is -10.3. The molecule has 0 radical (unpaired) electrons. The van der Waals surface area contributed by atoms with Gasteiger partial charge in [-0.1, -0.05) is 82.5 Å². The summed E-state index contributed by atoms with van der Waals surface area (Å²) < 4.78 is 86.8. The zero-order valence-corrected chi connectivity index (χ0v) is 74.0. The van der Waals surface area contributed by atoms with Crippen LogP contribution in [0.3, 0.4) is 0 Å². The van der Waals surface area contributed by atoms with E-state index in [2.05, 4.69) is 155 Å². The maximum Gasteiger partial charge on any atom is 0.275 e. The molecular formula is C89H116Cl2F6N21O11+. The van der Waals surface area contributed by atoms with Crippen LogP contribution in [-0.4, -0.2) is 243 Å². The Bertz CT molecular complexity index is 5490. The predicted octanol–water partition coefficient (Wildman–Crippen LogP) is 11.1. The highest BCUT2D eigenvalue weighted by Gasteiger charge is 2.49. The number of benzene rings is 1. The SMILES string of the molecule is CC[C@H]1C[C@@H](c2c[nH]c3c(=O)[nH]cnc23)[C@H](F)[C@@H]1C.CC[C@H]1C[C@@H](c2c[nH]c3c(Cl)ncnc23)[C@H](F)[C@@H]1C.CC[N+](CC)(CC)Cc1ccccc1.Cl.Nc1ncnc2c([C@@H]3C[C@H](CO)[C@@H](O)[C@H]3F)c[nH]c12.Nc1ncnc2c([C@@H]3C[C@H](CO)[C@@H](O)[C@H]3F)c[nH]c12.O=c1[nH]cnc2c([C@@H]3C[C@H](CO)[C@@H](O)[C@H]3F)c[nH]c12.O=c1[nH]cnc2c([C@@H]3C[C@H](CO)[C@@H](O)[C@H]3F)c[nH]c12. The number of aliphatic hydroxyl groups excluding tert-OH is 8. The average molecular weight is 1840 g/mol. The second kappa shape index (κ2) is 42.7. The third kappa shape index (κ3) is 19.9. The molecule has 13 aromatic rings. The minimum Gasteiger partial charge on any atom is -0.396 e. The molecule has 1 aromatic carbocycles. The number of quaternary nitrogens is 1. The van der Waals surface area contributed by atoms with Crippen molar-refractivity contribution in [3.8, 4) is 0 Å². The number of nitrogens with one attached hydrogen (secondary N) is 9. The van der Waals surface area contributed by atoms with Crippen LogP contribution >= 0.6 is 24.0 Å². The number of nitrogens with zero attached hydrogens (tertiary/aromatic N) is 10. The molecule has 24 atom stereocenters. The fraction of sp³-hybridized carbons (Fsp3) is 0.528. The lowest BCUT2D eigenvalue weighted by atomic mass is 9.95.